The van der Waals surface area contributed by atoms with E-state index in [2.05, 4.69) is 5.32 Å². The molecule has 0 saturated heterocycles. The molecule has 0 atom stereocenters. The maximum atomic E-state index is 13.7. The van der Waals surface area contributed by atoms with Gasteiger partial charge in [-0.2, -0.15) is 0 Å². The van der Waals surface area contributed by atoms with Crippen LogP contribution in [0.4, 0.5) is 8.78 Å². The Kier molecular flexibility index (Phi) is 5.69. The van der Waals surface area contributed by atoms with Gasteiger partial charge in [-0.1, -0.05) is 0 Å². The van der Waals surface area contributed by atoms with Crippen LogP contribution in [0.1, 0.15) is 26.3 Å². The van der Waals surface area contributed by atoms with E-state index in [0.717, 1.165) is 12.1 Å². The van der Waals surface area contributed by atoms with Gasteiger partial charge in [-0.3, -0.25) is 0 Å². The van der Waals surface area contributed by atoms with Crippen molar-refractivity contribution in [3.63, 3.8) is 0 Å². The van der Waals surface area contributed by atoms with Gasteiger partial charge in [-0.05, 0) is 45.5 Å². The monoisotopic (exact) mass is 321 g/mol. The number of nitrogens with one attached hydrogen (secondary N) is 1. The Bertz CT molecular complexity index is 572. The number of sulfone groups is 1. The molecule has 0 aromatic heterocycles. The molecule has 0 aliphatic carbocycles. The Balaban J connectivity index is 2.77. The summed E-state index contributed by atoms with van der Waals surface area (Å²) in [6.07, 6.45) is 0. The summed E-state index contributed by atoms with van der Waals surface area (Å²) in [6, 6.07) is 2.32. The molecule has 0 spiro atoms. The van der Waals surface area contributed by atoms with Gasteiger partial charge in [0, 0.05) is 6.54 Å². The lowest BCUT2D eigenvalue weighted by molar-refractivity contribution is 0.302. The predicted molar refractivity (Wildman–Crippen MR) is 78.2 cm³/mol. The van der Waals surface area contributed by atoms with E-state index in [0.29, 0.717) is 12.1 Å². The fourth-order valence-electron chi connectivity index (χ4n) is 1.62. The second kappa shape index (κ2) is 6.70. The van der Waals surface area contributed by atoms with E-state index in [1.54, 1.807) is 27.8 Å². The smallest absolute Gasteiger partial charge is 0.190 e. The van der Waals surface area contributed by atoms with Crippen molar-refractivity contribution in [3.8, 4) is 5.75 Å². The van der Waals surface area contributed by atoms with Gasteiger partial charge in [-0.25, -0.2) is 17.2 Å². The molecule has 0 heterocycles. The first-order valence-corrected chi connectivity index (χ1v) is 8.21. The van der Waals surface area contributed by atoms with Crippen molar-refractivity contribution in [2.45, 2.75) is 32.1 Å². The zero-order valence-corrected chi connectivity index (χ0v) is 13.5. The Labute approximate surface area is 124 Å². The minimum absolute atomic E-state index is 0.293. The fourth-order valence-corrected chi connectivity index (χ4v) is 2.53. The van der Waals surface area contributed by atoms with Gasteiger partial charge in [-0.15, -0.1) is 0 Å². The van der Waals surface area contributed by atoms with Crippen molar-refractivity contribution in [3.05, 3.63) is 29.3 Å². The average Bonchev–Trinajstić information content (AvgIpc) is 2.31. The summed E-state index contributed by atoms with van der Waals surface area (Å²) in [4.78, 5) is 0. The lowest BCUT2D eigenvalue weighted by atomic mass is 10.2. The summed E-state index contributed by atoms with van der Waals surface area (Å²) >= 11 is 0. The molecular weight excluding hydrogens is 300 g/mol. The van der Waals surface area contributed by atoms with Gasteiger partial charge in [0.05, 0.1) is 10.5 Å². The molecule has 7 heteroatoms. The maximum absolute atomic E-state index is 13.7. The third-order valence-corrected chi connectivity index (χ3v) is 5.54. The van der Waals surface area contributed by atoms with Crippen molar-refractivity contribution >= 4 is 9.84 Å². The highest BCUT2D eigenvalue weighted by Crippen LogP contribution is 2.24. The largest absolute Gasteiger partial charge is 0.487 e. The zero-order valence-electron chi connectivity index (χ0n) is 12.7. The summed E-state index contributed by atoms with van der Waals surface area (Å²) in [6.45, 7) is 4.73. The van der Waals surface area contributed by atoms with Crippen LogP contribution in [0.3, 0.4) is 0 Å². The molecular formula is C14H21F2NO3S. The molecule has 0 aliphatic rings. The summed E-state index contributed by atoms with van der Waals surface area (Å²) in [5, 5.41) is 2.78. The van der Waals surface area contributed by atoms with Gasteiger partial charge >= 0.3 is 0 Å². The third kappa shape index (κ3) is 4.64. The van der Waals surface area contributed by atoms with E-state index in [9.17, 15) is 17.2 Å². The number of benzene rings is 1. The van der Waals surface area contributed by atoms with Gasteiger partial charge in [0.2, 0.25) is 0 Å². The quantitative estimate of drug-likeness (QED) is 0.873. The normalized spacial score (nSPS) is 12.5. The van der Waals surface area contributed by atoms with E-state index < -0.39 is 32.0 Å². The number of hydrogen-bond donors (Lipinski definition) is 1. The van der Waals surface area contributed by atoms with Crippen LogP contribution >= 0.6 is 0 Å². The second-order valence-electron chi connectivity index (χ2n) is 5.70. The Morgan fingerprint density at radius 1 is 1.19 bits per heavy atom. The van der Waals surface area contributed by atoms with Crippen molar-refractivity contribution in [1.82, 2.24) is 5.32 Å². The molecule has 4 nitrogen and oxygen atoms in total. The topological polar surface area (TPSA) is 55.4 Å². The molecule has 0 aliphatic heterocycles. The zero-order chi connectivity index (χ0) is 16.3. The molecule has 0 radical (unpaired) electrons. The summed E-state index contributed by atoms with van der Waals surface area (Å²) in [5.74, 6) is -2.52. The Morgan fingerprint density at radius 3 is 2.14 bits per heavy atom. The number of ether oxygens (including phenoxy) is 1. The predicted octanol–water partition coefficient (Wildman–Crippen LogP) is 2.28. The lowest BCUT2D eigenvalue weighted by Gasteiger charge is -2.19. The molecule has 1 aromatic rings. The fraction of sp³-hybridized carbons (Fsp3) is 0.571. The van der Waals surface area contributed by atoms with Gasteiger partial charge in [0.1, 0.15) is 6.61 Å². The Hall–Kier alpha value is -1.21. The van der Waals surface area contributed by atoms with Gasteiger partial charge in [0.15, 0.2) is 27.2 Å². The number of halogens is 2. The highest BCUT2D eigenvalue weighted by Gasteiger charge is 2.28. The van der Waals surface area contributed by atoms with Crippen LogP contribution in [-0.4, -0.2) is 32.6 Å². The molecule has 120 valence electrons. The van der Waals surface area contributed by atoms with E-state index in [-0.39, 0.29) is 12.4 Å². The molecule has 0 bridgehead atoms. The summed E-state index contributed by atoms with van der Waals surface area (Å²) in [5.41, 5.74) is 0.446. The third-order valence-electron chi connectivity index (χ3n) is 2.97. The van der Waals surface area contributed by atoms with E-state index >= 15 is 0 Å². The summed E-state index contributed by atoms with van der Waals surface area (Å²) < 4.78 is 55.3. The van der Waals surface area contributed by atoms with Crippen LogP contribution in [0.25, 0.3) is 0 Å². The van der Waals surface area contributed by atoms with Crippen LogP contribution in [0.2, 0.25) is 0 Å². The molecule has 1 aromatic carbocycles. The second-order valence-corrected chi connectivity index (χ2v) is 8.56. The SMILES string of the molecule is CNCc1cc(F)c(OCCS(=O)(=O)C(C)(C)C)c(F)c1. The van der Waals surface area contributed by atoms with Crippen LogP contribution in [0.15, 0.2) is 12.1 Å². The van der Waals surface area contributed by atoms with Crippen molar-refractivity contribution < 1.29 is 21.9 Å². The minimum atomic E-state index is -3.39. The van der Waals surface area contributed by atoms with Crippen molar-refractivity contribution in [1.29, 1.82) is 0 Å². The standard InChI is InChI=1S/C14H21F2NO3S/c1-14(2,3)21(18,19)6-5-20-13-11(15)7-10(9-17-4)8-12(13)16/h7-8,17H,5-6,9H2,1-4H3. The first-order valence-electron chi connectivity index (χ1n) is 6.56. The molecule has 21 heavy (non-hydrogen) atoms. The molecule has 0 amide bonds. The molecule has 0 saturated carbocycles. The van der Waals surface area contributed by atoms with Crippen LogP contribution < -0.4 is 10.1 Å². The number of rotatable bonds is 6. The van der Waals surface area contributed by atoms with Crippen LogP contribution in [-0.2, 0) is 16.4 Å². The van der Waals surface area contributed by atoms with Gasteiger partial charge < -0.3 is 10.1 Å². The van der Waals surface area contributed by atoms with Crippen molar-refractivity contribution in [2.75, 3.05) is 19.4 Å². The van der Waals surface area contributed by atoms with Gasteiger partial charge in [0.25, 0.3) is 0 Å². The van der Waals surface area contributed by atoms with Crippen molar-refractivity contribution in [2.24, 2.45) is 0 Å². The number of hydrogen-bond acceptors (Lipinski definition) is 4. The average molecular weight is 321 g/mol. The molecule has 0 fully saturated rings. The first-order chi connectivity index (χ1) is 9.58. The van der Waals surface area contributed by atoms with Crippen LogP contribution in [0, 0.1) is 11.6 Å². The maximum Gasteiger partial charge on any atom is 0.190 e. The Morgan fingerprint density at radius 2 is 1.71 bits per heavy atom. The van der Waals surface area contributed by atoms with E-state index in [1.165, 1.54) is 0 Å². The first kappa shape index (κ1) is 17.8. The molecule has 1 rings (SSSR count). The highest BCUT2D eigenvalue weighted by atomic mass is 32.2. The highest BCUT2D eigenvalue weighted by molar-refractivity contribution is 7.92. The molecule has 1 N–H and O–H groups in total. The summed E-state index contributed by atoms with van der Waals surface area (Å²) in [7, 11) is -1.73. The van der Waals surface area contributed by atoms with E-state index in [1.807, 2.05) is 0 Å². The lowest BCUT2D eigenvalue weighted by Crippen LogP contribution is -2.32. The molecule has 0 unspecified atom stereocenters. The van der Waals surface area contributed by atoms with E-state index in [4.69, 9.17) is 4.74 Å². The van der Waals surface area contributed by atoms with Crippen LogP contribution in [0.5, 0.6) is 5.75 Å². The minimum Gasteiger partial charge on any atom is -0.487 e.